The fourth-order valence-electron chi connectivity index (χ4n) is 2.60. The molecule has 22 heavy (non-hydrogen) atoms. The molecule has 0 radical (unpaired) electrons. The summed E-state index contributed by atoms with van der Waals surface area (Å²) in [7, 11) is 0. The van der Waals surface area contributed by atoms with Gasteiger partial charge in [-0.3, -0.25) is 0 Å². The van der Waals surface area contributed by atoms with Crippen molar-refractivity contribution >= 4 is 5.69 Å². The van der Waals surface area contributed by atoms with E-state index in [-0.39, 0.29) is 12.2 Å². The molecule has 0 spiro atoms. The fourth-order valence-corrected chi connectivity index (χ4v) is 2.60. The number of halogens is 1. The van der Waals surface area contributed by atoms with Gasteiger partial charge in [-0.1, -0.05) is 0 Å². The Bertz CT molecular complexity index is 725. The van der Waals surface area contributed by atoms with E-state index in [1.165, 1.54) is 12.1 Å². The molecule has 1 aliphatic heterocycles. The van der Waals surface area contributed by atoms with E-state index in [0.717, 1.165) is 0 Å². The Morgan fingerprint density at radius 3 is 2.86 bits per heavy atom. The number of hydrogen-bond acceptors (Lipinski definition) is 6. The van der Waals surface area contributed by atoms with Crippen molar-refractivity contribution in [1.82, 2.24) is 10.2 Å². The lowest BCUT2D eigenvalue weighted by molar-refractivity contribution is -0.0311. The van der Waals surface area contributed by atoms with Crippen molar-refractivity contribution in [3.8, 4) is 6.07 Å². The summed E-state index contributed by atoms with van der Waals surface area (Å²) in [6.45, 7) is 4.71. The second kappa shape index (κ2) is 5.73. The molecule has 0 bridgehead atoms. The molecule has 1 aliphatic rings. The molecule has 7 heteroatoms. The van der Waals surface area contributed by atoms with Crippen LogP contribution in [-0.4, -0.2) is 29.4 Å². The number of nitriles is 1. The van der Waals surface area contributed by atoms with Gasteiger partial charge in [-0.05, 0) is 25.1 Å². The SMILES string of the molecule is Cc1nnc([C@H]2CN(c3ccc(F)cc3C#N)C[C@@H](C)O2)o1. The molecular formula is C15H15FN4O2. The predicted molar refractivity (Wildman–Crippen MR) is 75.7 cm³/mol. The Labute approximate surface area is 127 Å². The van der Waals surface area contributed by atoms with Gasteiger partial charge in [-0.25, -0.2) is 4.39 Å². The van der Waals surface area contributed by atoms with E-state index in [1.807, 2.05) is 17.9 Å². The van der Waals surface area contributed by atoms with Crippen LogP contribution in [0.3, 0.4) is 0 Å². The van der Waals surface area contributed by atoms with Crippen molar-refractivity contribution in [2.24, 2.45) is 0 Å². The van der Waals surface area contributed by atoms with Gasteiger partial charge in [0.25, 0.3) is 0 Å². The first-order valence-electron chi connectivity index (χ1n) is 6.97. The first-order valence-corrected chi connectivity index (χ1v) is 6.97. The molecule has 1 aromatic heterocycles. The first-order chi connectivity index (χ1) is 10.6. The van der Waals surface area contributed by atoms with E-state index in [1.54, 1.807) is 13.0 Å². The molecule has 0 aliphatic carbocycles. The highest BCUT2D eigenvalue weighted by Crippen LogP contribution is 2.30. The highest BCUT2D eigenvalue weighted by atomic mass is 19.1. The zero-order chi connectivity index (χ0) is 15.7. The van der Waals surface area contributed by atoms with Crippen molar-refractivity contribution in [2.45, 2.75) is 26.1 Å². The Kier molecular flexibility index (Phi) is 3.77. The normalized spacial score (nSPS) is 21.6. The van der Waals surface area contributed by atoms with Gasteiger partial charge in [0.05, 0.1) is 23.9 Å². The minimum Gasteiger partial charge on any atom is -0.423 e. The molecule has 3 rings (SSSR count). The summed E-state index contributed by atoms with van der Waals surface area (Å²) in [6, 6.07) is 6.23. The third-order valence-electron chi connectivity index (χ3n) is 3.50. The molecular weight excluding hydrogens is 287 g/mol. The number of ether oxygens (including phenoxy) is 1. The van der Waals surface area contributed by atoms with E-state index in [4.69, 9.17) is 9.15 Å². The second-order valence-corrected chi connectivity index (χ2v) is 5.27. The lowest BCUT2D eigenvalue weighted by Gasteiger charge is -2.37. The van der Waals surface area contributed by atoms with Gasteiger partial charge in [0.15, 0.2) is 6.10 Å². The number of rotatable bonds is 2. The maximum Gasteiger partial charge on any atom is 0.247 e. The maximum absolute atomic E-state index is 13.3. The minimum atomic E-state index is -0.425. The highest BCUT2D eigenvalue weighted by molar-refractivity contribution is 5.59. The Balaban J connectivity index is 1.90. The Morgan fingerprint density at radius 1 is 1.36 bits per heavy atom. The molecule has 1 saturated heterocycles. The molecule has 0 N–H and O–H groups in total. The van der Waals surface area contributed by atoms with Crippen LogP contribution in [0.15, 0.2) is 22.6 Å². The van der Waals surface area contributed by atoms with E-state index in [0.29, 0.717) is 36.1 Å². The number of morpholine rings is 1. The summed E-state index contributed by atoms with van der Waals surface area (Å²) >= 11 is 0. The highest BCUT2D eigenvalue weighted by Gasteiger charge is 2.31. The summed E-state index contributed by atoms with van der Waals surface area (Å²) in [6.07, 6.45) is -0.455. The zero-order valence-electron chi connectivity index (χ0n) is 12.3. The second-order valence-electron chi connectivity index (χ2n) is 5.27. The molecule has 2 aromatic rings. The molecule has 1 fully saturated rings. The molecule has 6 nitrogen and oxygen atoms in total. The number of benzene rings is 1. The smallest absolute Gasteiger partial charge is 0.247 e. The third kappa shape index (κ3) is 2.78. The summed E-state index contributed by atoms with van der Waals surface area (Å²) in [5.41, 5.74) is 0.981. The van der Waals surface area contributed by atoms with Crippen LogP contribution in [0.5, 0.6) is 0 Å². The van der Waals surface area contributed by atoms with Crippen LogP contribution in [-0.2, 0) is 4.74 Å². The standard InChI is InChI=1S/C15H15FN4O2/c1-9-7-20(13-4-3-12(16)5-11(13)6-17)8-14(21-9)15-19-18-10(2)22-15/h3-5,9,14H,7-8H2,1-2H3/t9-,14-/m1/s1. The van der Waals surface area contributed by atoms with Crippen molar-refractivity contribution in [2.75, 3.05) is 18.0 Å². The van der Waals surface area contributed by atoms with Gasteiger partial charge in [0.1, 0.15) is 11.9 Å². The Hall–Kier alpha value is -2.46. The van der Waals surface area contributed by atoms with Crippen molar-refractivity contribution in [1.29, 1.82) is 5.26 Å². The number of nitrogens with zero attached hydrogens (tertiary/aromatic N) is 4. The third-order valence-corrected chi connectivity index (χ3v) is 3.50. The van der Waals surface area contributed by atoms with Crippen LogP contribution < -0.4 is 4.90 Å². The lowest BCUT2D eigenvalue weighted by Crippen LogP contribution is -2.43. The number of aryl methyl sites for hydroxylation is 1. The number of hydrogen-bond donors (Lipinski definition) is 0. The van der Waals surface area contributed by atoms with Gasteiger partial charge < -0.3 is 14.1 Å². The molecule has 2 atom stereocenters. The Morgan fingerprint density at radius 2 is 2.18 bits per heavy atom. The van der Waals surface area contributed by atoms with E-state index >= 15 is 0 Å². The van der Waals surface area contributed by atoms with Crippen LogP contribution in [0.1, 0.15) is 30.4 Å². The van der Waals surface area contributed by atoms with E-state index < -0.39 is 5.82 Å². The molecule has 0 unspecified atom stereocenters. The van der Waals surface area contributed by atoms with E-state index in [9.17, 15) is 9.65 Å². The van der Waals surface area contributed by atoms with Crippen molar-refractivity contribution < 1.29 is 13.5 Å². The van der Waals surface area contributed by atoms with Crippen molar-refractivity contribution in [3.05, 3.63) is 41.4 Å². The molecule has 1 aromatic carbocycles. The summed E-state index contributed by atoms with van der Waals surface area (Å²) in [5.74, 6) is 0.461. The van der Waals surface area contributed by atoms with Gasteiger partial charge in [-0.2, -0.15) is 5.26 Å². The largest absolute Gasteiger partial charge is 0.423 e. The van der Waals surface area contributed by atoms with Crippen molar-refractivity contribution in [3.63, 3.8) is 0 Å². The van der Waals surface area contributed by atoms with Gasteiger partial charge in [0.2, 0.25) is 11.8 Å². The summed E-state index contributed by atoms with van der Waals surface area (Å²) in [5, 5.41) is 17.0. The first kappa shape index (κ1) is 14.5. The lowest BCUT2D eigenvalue weighted by atomic mass is 10.1. The predicted octanol–water partition coefficient (Wildman–Crippen LogP) is 2.36. The number of aromatic nitrogens is 2. The minimum absolute atomic E-state index is 0.0810. The summed E-state index contributed by atoms with van der Waals surface area (Å²) < 4.78 is 24.6. The average Bonchev–Trinajstić information content (AvgIpc) is 2.93. The van der Waals surface area contributed by atoms with Gasteiger partial charge in [-0.15, -0.1) is 10.2 Å². The van der Waals surface area contributed by atoms with E-state index in [2.05, 4.69) is 10.2 Å². The maximum atomic E-state index is 13.3. The van der Waals surface area contributed by atoms with Crippen LogP contribution in [0, 0.1) is 24.1 Å². The van der Waals surface area contributed by atoms with Crippen LogP contribution >= 0.6 is 0 Å². The molecule has 0 amide bonds. The van der Waals surface area contributed by atoms with Gasteiger partial charge in [0, 0.05) is 13.5 Å². The van der Waals surface area contributed by atoms with Crippen LogP contribution in [0.4, 0.5) is 10.1 Å². The molecule has 114 valence electrons. The summed E-state index contributed by atoms with van der Waals surface area (Å²) in [4.78, 5) is 1.98. The average molecular weight is 302 g/mol. The molecule has 0 saturated carbocycles. The quantitative estimate of drug-likeness (QED) is 0.847. The van der Waals surface area contributed by atoms with Crippen LogP contribution in [0.25, 0.3) is 0 Å². The van der Waals surface area contributed by atoms with Crippen LogP contribution in [0.2, 0.25) is 0 Å². The van der Waals surface area contributed by atoms with Gasteiger partial charge >= 0.3 is 0 Å². The fraction of sp³-hybridized carbons (Fsp3) is 0.400. The monoisotopic (exact) mass is 302 g/mol. The number of anilines is 1. The topological polar surface area (TPSA) is 75.2 Å². The zero-order valence-corrected chi connectivity index (χ0v) is 12.3. The molecule has 2 heterocycles.